The largest absolute Gasteiger partial charge is 0.443 e. The quantitative estimate of drug-likeness (QED) is 0.738. The van der Waals surface area contributed by atoms with E-state index in [0.717, 1.165) is 4.90 Å². The first kappa shape index (κ1) is 13.6. The zero-order chi connectivity index (χ0) is 14.4. The van der Waals surface area contributed by atoms with Crippen molar-refractivity contribution in [3.05, 3.63) is 22.5 Å². The molecule has 0 bridgehead atoms. The Morgan fingerprint density at radius 2 is 2.16 bits per heavy atom. The van der Waals surface area contributed by atoms with Gasteiger partial charge in [0.2, 0.25) is 0 Å². The molecule has 0 saturated carbocycles. The Bertz CT molecular complexity index is 566. The molecule has 0 aromatic carbocycles. The molecule has 0 atom stereocenters. The van der Waals surface area contributed by atoms with Gasteiger partial charge in [-0.05, 0) is 20.8 Å². The van der Waals surface area contributed by atoms with Crippen molar-refractivity contribution < 1.29 is 14.3 Å². The molecule has 0 radical (unpaired) electrons. The number of ether oxygens (including phenoxy) is 1. The number of nitrogen functional groups attached to an aromatic ring is 1. The molecule has 0 aliphatic carbocycles. The van der Waals surface area contributed by atoms with Gasteiger partial charge in [-0.3, -0.25) is 4.79 Å². The van der Waals surface area contributed by atoms with Crippen LogP contribution in [0.5, 0.6) is 0 Å². The summed E-state index contributed by atoms with van der Waals surface area (Å²) in [6, 6.07) is 0. The summed E-state index contributed by atoms with van der Waals surface area (Å²) in [4.78, 5) is 28.9. The molecule has 0 fully saturated rings. The second kappa shape index (κ2) is 4.38. The molecule has 0 unspecified atom stereocenters. The van der Waals surface area contributed by atoms with Crippen molar-refractivity contribution in [3.63, 3.8) is 0 Å². The van der Waals surface area contributed by atoms with Crippen molar-refractivity contribution in [2.45, 2.75) is 32.9 Å². The van der Waals surface area contributed by atoms with Crippen LogP contribution in [0, 0.1) is 0 Å². The Morgan fingerprint density at radius 1 is 1.53 bits per heavy atom. The normalized spacial score (nSPS) is 14.5. The van der Waals surface area contributed by atoms with E-state index in [1.807, 2.05) is 0 Å². The molecule has 1 aromatic rings. The minimum Gasteiger partial charge on any atom is -0.443 e. The standard InChI is InChI=1S/C12H14ClN3O3/c1-12(2,3)19-11(18)16-5-6-8(10(16)17)7(14)4-15-9(6)13/h4H,5,14H2,1-3H3. The maximum Gasteiger partial charge on any atom is 0.417 e. The predicted octanol–water partition coefficient (Wildman–Crippen LogP) is 2.21. The maximum atomic E-state index is 12.2. The van der Waals surface area contributed by atoms with Crippen LogP contribution in [-0.2, 0) is 11.3 Å². The summed E-state index contributed by atoms with van der Waals surface area (Å²) in [5.41, 5.74) is 5.91. The molecule has 102 valence electrons. The van der Waals surface area contributed by atoms with Gasteiger partial charge >= 0.3 is 6.09 Å². The van der Waals surface area contributed by atoms with E-state index >= 15 is 0 Å². The summed E-state index contributed by atoms with van der Waals surface area (Å²) < 4.78 is 5.16. The number of hydrogen-bond acceptors (Lipinski definition) is 5. The van der Waals surface area contributed by atoms with Gasteiger partial charge in [0.1, 0.15) is 10.8 Å². The number of halogens is 1. The van der Waals surface area contributed by atoms with E-state index in [-0.39, 0.29) is 22.9 Å². The van der Waals surface area contributed by atoms with Crippen molar-refractivity contribution >= 4 is 29.3 Å². The molecule has 2 rings (SSSR count). The van der Waals surface area contributed by atoms with Crippen molar-refractivity contribution in [3.8, 4) is 0 Å². The molecule has 6 nitrogen and oxygen atoms in total. The first-order chi connectivity index (χ1) is 8.70. The molecule has 1 aromatic heterocycles. The minimum atomic E-state index is -0.718. The van der Waals surface area contributed by atoms with Crippen molar-refractivity contribution in [1.82, 2.24) is 9.88 Å². The average Bonchev–Trinajstić information content (AvgIpc) is 2.61. The van der Waals surface area contributed by atoms with Gasteiger partial charge in [-0.1, -0.05) is 11.6 Å². The van der Waals surface area contributed by atoms with Gasteiger partial charge in [0.15, 0.2) is 0 Å². The van der Waals surface area contributed by atoms with Crippen LogP contribution >= 0.6 is 11.6 Å². The molecule has 2 amide bonds. The number of amides is 2. The number of pyridine rings is 1. The molecule has 0 spiro atoms. The SMILES string of the molecule is CC(C)(C)OC(=O)N1Cc2c(Cl)ncc(N)c2C1=O. The van der Waals surface area contributed by atoms with Gasteiger partial charge in [-0.15, -0.1) is 0 Å². The first-order valence-corrected chi connectivity index (χ1v) is 6.06. The summed E-state index contributed by atoms with van der Waals surface area (Å²) in [7, 11) is 0. The summed E-state index contributed by atoms with van der Waals surface area (Å²) in [6.07, 6.45) is 0.585. The van der Waals surface area contributed by atoms with E-state index in [9.17, 15) is 9.59 Å². The van der Waals surface area contributed by atoms with Crippen LogP contribution in [0.3, 0.4) is 0 Å². The highest BCUT2D eigenvalue weighted by molar-refractivity contribution is 6.31. The Kier molecular flexibility index (Phi) is 3.14. The zero-order valence-electron chi connectivity index (χ0n) is 10.9. The molecule has 0 saturated heterocycles. The molecular weight excluding hydrogens is 270 g/mol. The highest BCUT2D eigenvalue weighted by Gasteiger charge is 2.38. The average molecular weight is 284 g/mol. The number of carbonyl (C=O) groups excluding carboxylic acids is 2. The summed E-state index contributed by atoms with van der Waals surface area (Å²) in [5, 5.41) is 0.170. The lowest BCUT2D eigenvalue weighted by molar-refractivity contribution is 0.0248. The van der Waals surface area contributed by atoms with E-state index in [1.165, 1.54) is 6.20 Å². The third-order valence-electron chi connectivity index (χ3n) is 2.55. The number of imide groups is 1. The summed E-state index contributed by atoms with van der Waals surface area (Å²) in [5.74, 6) is -0.508. The fourth-order valence-electron chi connectivity index (χ4n) is 1.77. The maximum absolute atomic E-state index is 12.2. The monoisotopic (exact) mass is 283 g/mol. The van der Waals surface area contributed by atoms with Crippen LogP contribution in [0.4, 0.5) is 10.5 Å². The fourth-order valence-corrected chi connectivity index (χ4v) is 1.98. The number of nitrogens with two attached hydrogens (primary N) is 1. The van der Waals surface area contributed by atoms with Gasteiger partial charge in [0, 0.05) is 5.56 Å². The van der Waals surface area contributed by atoms with Gasteiger partial charge in [0.25, 0.3) is 5.91 Å². The lowest BCUT2D eigenvalue weighted by Gasteiger charge is -2.23. The van der Waals surface area contributed by atoms with Crippen molar-refractivity contribution in [1.29, 1.82) is 0 Å². The highest BCUT2D eigenvalue weighted by atomic mass is 35.5. The van der Waals surface area contributed by atoms with Crippen LogP contribution < -0.4 is 5.73 Å². The predicted molar refractivity (Wildman–Crippen MR) is 69.8 cm³/mol. The molecule has 2 N–H and O–H groups in total. The Hall–Kier alpha value is -1.82. The van der Waals surface area contributed by atoms with E-state index in [2.05, 4.69) is 4.98 Å². The number of rotatable bonds is 0. The first-order valence-electron chi connectivity index (χ1n) is 5.68. The second-order valence-corrected chi connectivity index (χ2v) is 5.59. The zero-order valence-corrected chi connectivity index (χ0v) is 11.6. The molecule has 19 heavy (non-hydrogen) atoms. The lowest BCUT2D eigenvalue weighted by atomic mass is 10.1. The van der Waals surface area contributed by atoms with Crippen LogP contribution in [0.25, 0.3) is 0 Å². The van der Waals surface area contributed by atoms with E-state index in [1.54, 1.807) is 20.8 Å². The van der Waals surface area contributed by atoms with E-state index < -0.39 is 17.6 Å². The fraction of sp³-hybridized carbons (Fsp3) is 0.417. The van der Waals surface area contributed by atoms with Crippen LogP contribution in [0.1, 0.15) is 36.7 Å². The number of hydrogen-bond donors (Lipinski definition) is 1. The highest BCUT2D eigenvalue weighted by Crippen LogP contribution is 2.32. The molecule has 7 heteroatoms. The smallest absolute Gasteiger partial charge is 0.417 e. The van der Waals surface area contributed by atoms with E-state index in [0.29, 0.717) is 5.56 Å². The molecule has 1 aliphatic heterocycles. The number of fused-ring (bicyclic) bond motifs is 1. The van der Waals surface area contributed by atoms with E-state index in [4.69, 9.17) is 22.1 Å². The van der Waals surface area contributed by atoms with Gasteiger partial charge < -0.3 is 10.5 Å². The summed E-state index contributed by atoms with van der Waals surface area (Å²) >= 11 is 5.91. The second-order valence-electron chi connectivity index (χ2n) is 5.23. The lowest BCUT2D eigenvalue weighted by Crippen LogP contribution is -2.37. The Balaban J connectivity index is 2.32. The Labute approximate surface area is 115 Å². The summed E-state index contributed by atoms with van der Waals surface area (Å²) in [6.45, 7) is 5.20. The Morgan fingerprint density at radius 3 is 2.68 bits per heavy atom. The van der Waals surface area contributed by atoms with Crippen LogP contribution in [0.2, 0.25) is 5.15 Å². The molecule has 1 aliphatic rings. The third kappa shape index (κ3) is 2.49. The van der Waals surface area contributed by atoms with Gasteiger partial charge in [-0.2, -0.15) is 0 Å². The molecule has 2 heterocycles. The van der Waals surface area contributed by atoms with Gasteiger partial charge in [-0.25, -0.2) is 14.7 Å². The number of aromatic nitrogens is 1. The number of nitrogens with zero attached hydrogens (tertiary/aromatic N) is 2. The van der Waals surface area contributed by atoms with Crippen LogP contribution in [0.15, 0.2) is 6.20 Å². The van der Waals surface area contributed by atoms with Crippen LogP contribution in [-0.4, -0.2) is 27.5 Å². The number of anilines is 1. The molecular formula is C12H14ClN3O3. The number of carbonyl (C=O) groups is 2. The topological polar surface area (TPSA) is 85.5 Å². The van der Waals surface area contributed by atoms with Gasteiger partial charge in [0.05, 0.1) is 24.0 Å². The minimum absolute atomic E-state index is 0.0277. The van der Waals surface area contributed by atoms with Crippen molar-refractivity contribution in [2.24, 2.45) is 0 Å². The third-order valence-corrected chi connectivity index (χ3v) is 2.87. The van der Waals surface area contributed by atoms with Crippen molar-refractivity contribution in [2.75, 3.05) is 5.73 Å².